The summed E-state index contributed by atoms with van der Waals surface area (Å²) < 4.78 is 5.80. The van der Waals surface area contributed by atoms with Gasteiger partial charge in [-0.2, -0.15) is 0 Å². The van der Waals surface area contributed by atoms with Crippen molar-refractivity contribution in [3.63, 3.8) is 0 Å². The van der Waals surface area contributed by atoms with Crippen molar-refractivity contribution in [2.75, 3.05) is 0 Å². The first kappa shape index (κ1) is 8.02. The van der Waals surface area contributed by atoms with Crippen molar-refractivity contribution in [2.45, 2.75) is 6.42 Å². The number of hydrogen-bond donors (Lipinski definition) is 0. The van der Waals surface area contributed by atoms with Crippen LogP contribution in [-0.4, -0.2) is 0 Å². The van der Waals surface area contributed by atoms with Crippen LogP contribution in [0, 0.1) is 0 Å². The molecule has 0 unspecified atom stereocenters. The van der Waals surface area contributed by atoms with Crippen molar-refractivity contribution in [3.8, 4) is 11.5 Å². The average molecular weight is 200 g/mol. The highest BCUT2D eigenvalue weighted by Gasteiger charge is 2.15. The maximum atomic E-state index is 5.80. The van der Waals surface area contributed by atoms with Crippen LogP contribution < -0.4 is 4.74 Å². The predicted molar refractivity (Wildman–Crippen MR) is 58.3 cm³/mol. The van der Waals surface area contributed by atoms with Gasteiger partial charge in [-0.1, -0.05) is 32.5 Å². The van der Waals surface area contributed by atoms with Gasteiger partial charge in [-0.15, -0.1) is 0 Å². The van der Waals surface area contributed by atoms with Crippen molar-refractivity contribution in [1.82, 2.24) is 0 Å². The molecule has 1 aromatic carbocycles. The van der Waals surface area contributed by atoms with Crippen LogP contribution in [0.2, 0.25) is 0 Å². The molecule has 0 aliphatic carbocycles. The monoisotopic (exact) mass is 200 g/mol. The highest BCUT2D eigenvalue weighted by Crippen LogP contribution is 2.39. The molecule has 0 amide bonds. The summed E-state index contributed by atoms with van der Waals surface area (Å²) in [5, 5.41) is 1.37. The van der Waals surface area contributed by atoms with Gasteiger partial charge in [-0.05, 0) is 23.5 Å². The first-order valence-electron chi connectivity index (χ1n) is 4.63. The van der Waals surface area contributed by atoms with Crippen molar-refractivity contribution < 1.29 is 4.74 Å². The van der Waals surface area contributed by atoms with E-state index in [-0.39, 0.29) is 0 Å². The molecule has 2 heteroatoms. The van der Waals surface area contributed by atoms with E-state index in [0.29, 0.717) is 0 Å². The molecule has 0 saturated heterocycles. The Morgan fingerprint density at radius 2 is 1.86 bits per heavy atom. The average Bonchev–Trinajstić information content (AvgIpc) is 2.26. The van der Waals surface area contributed by atoms with E-state index in [2.05, 4.69) is 17.9 Å². The second-order valence-corrected chi connectivity index (χ2v) is 4.43. The van der Waals surface area contributed by atoms with Gasteiger partial charge in [-0.3, -0.25) is 0 Å². The summed E-state index contributed by atoms with van der Waals surface area (Å²) in [5.41, 5.74) is 1.29. The van der Waals surface area contributed by atoms with Crippen LogP contribution in [-0.2, 0) is 6.42 Å². The Kier molecular flexibility index (Phi) is 1.78. The van der Waals surface area contributed by atoms with Crippen LogP contribution >= 0.6 is 8.19 Å². The van der Waals surface area contributed by atoms with Crippen molar-refractivity contribution >= 4 is 8.19 Å². The number of ether oxygens (including phenoxy) is 1. The third kappa shape index (κ3) is 1.21. The summed E-state index contributed by atoms with van der Waals surface area (Å²) in [6, 6.07) is 12.3. The Hall–Kier alpha value is -1.33. The van der Waals surface area contributed by atoms with Crippen LogP contribution in [0.25, 0.3) is 0 Å². The fraction of sp³-hybridized carbons (Fsp3) is 0.0833. The van der Waals surface area contributed by atoms with Gasteiger partial charge in [0.15, 0.2) is 0 Å². The van der Waals surface area contributed by atoms with E-state index in [9.17, 15) is 0 Å². The maximum absolute atomic E-state index is 5.80. The van der Waals surface area contributed by atoms with Gasteiger partial charge in [0.25, 0.3) is 0 Å². The molecule has 0 spiro atoms. The molecule has 2 aromatic rings. The van der Waals surface area contributed by atoms with E-state index in [0.717, 1.165) is 17.9 Å². The molecule has 0 radical (unpaired) electrons. The SMILES string of the molecule is c1ccc2c(c1)Cc1pcccc1O2. The fourth-order valence-corrected chi connectivity index (χ4v) is 2.56. The Morgan fingerprint density at radius 3 is 2.86 bits per heavy atom. The van der Waals surface area contributed by atoms with E-state index in [1.54, 1.807) is 0 Å². The van der Waals surface area contributed by atoms with E-state index in [1.807, 2.05) is 24.3 Å². The Morgan fingerprint density at radius 1 is 1.00 bits per heavy atom. The van der Waals surface area contributed by atoms with E-state index >= 15 is 0 Å². The molecule has 0 N–H and O–H groups in total. The molecule has 0 bridgehead atoms. The van der Waals surface area contributed by atoms with E-state index in [4.69, 9.17) is 4.74 Å². The first-order valence-corrected chi connectivity index (χ1v) is 5.59. The standard InChI is InChI=1S/C12H9OP/c1-2-5-10-9(4-1)8-12-11(13-10)6-3-7-14-12/h1-7H,8H2. The smallest absolute Gasteiger partial charge is 0.135 e. The molecule has 14 heavy (non-hydrogen) atoms. The topological polar surface area (TPSA) is 9.23 Å². The van der Waals surface area contributed by atoms with Gasteiger partial charge in [0.05, 0.1) is 0 Å². The number of benzene rings is 1. The van der Waals surface area contributed by atoms with E-state index < -0.39 is 0 Å². The molecule has 3 rings (SSSR count). The molecule has 1 nitrogen and oxygen atoms in total. The van der Waals surface area contributed by atoms with Crippen LogP contribution in [0.5, 0.6) is 11.5 Å². The predicted octanol–water partition coefficient (Wildman–Crippen LogP) is 3.96. The number of hydrogen-bond acceptors (Lipinski definition) is 1. The van der Waals surface area contributed by atoms with Crippen LogP contribution in [0.1, 0.15) is 10.9 Å². The summed E-state index contributed by atoms with van der Waals surface area (Å²) in [4.78, 5) is 0. The number of fused-ring (bicyclic) bond motifs is 2. The minimum absolute atomic E-state index is 1.01. The van der Waals surface area contributed by atoms with E-state index in [1.165, 1.54) is 19.1 Å². The van der Waals surface area contributed by atoms with Gasteiger partial charge >= 0.3 is 0 Å². The van der Waals surface area contributed by atoms with Gasteiger partial charge < -0.3 is 4.74 Å². The largest absolute Gasteiger partial charge is 0.456 e. The lowest BCUT2D eigenvalue weighted by molar-refractivity contribution is 0.463. The Bertz CT molecular complexity index is 392. The second-order valence-electron chi connectivity index (χ2n) is 3.33. The normalized spacial score (nSPS) is 13.1. The summed E-state index contributed by atoms with van der Waals surface area (Å²) >= 11 is 0. The Balaban J connectivity index is 2.12. The van der Waals surface area contributed by atoms with Crippen molar-refractivity contribution in [2.24, 2.45) is 0 Å². The molecule has 1 aromatic heterocycles. The lowest BCUT2D eigenvalue weighted by Gasteiger charge is -2.18. The number of para-hydroxylation sites is 1. The lowest BCUT2D eigenvalue weighted by atomic mass is 10.1. The first-order chi connectivity index (χ1) is 6.93. The zero-order valence-corrected chi connectivity index (χ0v) is 8.50. The lowest BCUT2D eigenvalue weighted by Crippen LogP contribution is -2.00. The van der Waals surface area contributed by atoms with Gasteiger partial charge in [0.1, 0.15) is 11.5 Å². The quantitative estimate of drug-likeness (QED) is 0.533. The molecule has 1 aliphatic heterocycles. The third-order valence-corrected chi connectivity index (χ3v) is 3.41. The third-order valence-electron chi connectivity index (χ3n) is 2.40. The van der Waals surface area contributed by atoms with Gasteiger partial charge in [-0.25, -0.2) is 0 Å². The molecule has 0 saturated carbocycles. The highest BCUT2D eigenvalue weighted by atomic mass is 31.0. The zero-order chi connectivity index (χ0) is 9.38. The molecule has 0 fully saturated rings. The number of rotatable bonds is 0. The molecular formula is C12H9OP. The summed E-state index contributed by atoms with van der Waals surface area (Å²) in [5.74, 6) is 4.19. The summed E-state index contributed by atoms with van der Waals surface area (Å²) in [6.45, 7) is 0. The van der Waals surface area contributed by atoms with Crippen LogP contribution in [0.15, 0.2) is 42.2 Å². The minimum atomic E-state index is 1.01. The molecule has 0 atom stereocenters. The minimum Gasteiger partial charge on any atom is -0.456 e. The Labute approximate surface area is 84.5 Å². The fourth-order valence-electron chi connectivity index (χ4n) is 1.70. The van der Waals surface area contributed by atoms with Gasteiger partial charge in [0, 0.05) is 11.7 Å². The molecule has 68 valence electrons. The molecule has 2 heterocycles. The van der Waals surface area contributed by atoms with Crippen LogP contribution in [0.4, 0.5) is 0 Å². The van der Waals surface area contributed by atoms with Crippen LogP contribution in [0.3, 0.4) is 0 Å². The van der Waals surface area contributed by atoms with Crippen molar-refractivity contribution in [3.05, 3.63) is 53.1 Å². The zero-order valence-electron chi connectivity index (χ0n) is 7.60. The maximum Gasteiger partial charge on any atom is 0.135 e. The van der Waals surface area contributed by atoms with Gasteiger partial charge in [0.2, 0.25) is 0 Å². The summed E-state index contributed by atoms with van der Waals surface area (Å²) in [6.07, 6.45) is 1.02. The molecular weight excluding hydrogens is 191 g/mol. The second kappa shape index (κ2) is 3.11. The summed E-state index contributed by atoms with van der Waals surface area (Å²) in [7, 11) is 1.27. The van der Waals surface area contributed by atoms with Crippen molar-refractivity contribution in [1.29, 1.82) is 0 Å². The highest BCUT2D eigenvalue weighted by molar-refractivity contribution is 7.30. The molecule has 1 aliphatic rings.